The van der Waals surface area contributed by atoms with E-state index in [4.69, 9.17) is 17.5 Å². The zero-order valence-electron chi connectivity index (χ0n) is 4.83. The maximum absolute atomic E-state index is 8.74. The van der Waals surface area contributed by atoms with Crippen molar-refractivity contribution in [1.29, 1.82) is 0 Å². The van der Waals surface area contributed by atoms with Gasteiger partial charge in [0, 0.05) is 0 Å². The standard InChI is InChI=1S/C3H8.Na.H2O4S.H/c1-3-2;;1-5(2,3)4;/h3H2,1-2H3;;(H2,1,2,3,4);. The van der Waals surface area contributed by atoms with E-state index in [0.29, 0.717) is 0 Å². The third kappa shape index (κ3) is 553. The molecule has 0 atom stereocenters. The second-order valence-electron chi connectivity index (χ2n) is 1.15. The summed E-state index contributed by atoms with van der Waals surface area (Å²) < 4.78 is 31.6. The van der Waals surface area contributed by atoms with Gasteiger partial charge in [0.15, 0.2) is 0 Å². The van der Waals surface area contributed by atoms with E-state index in [1.807, 2.05) is 0 Å². The third-order valence-corrected chi connectivity index (χ3v) is 0. The molecule has 0 fully saturated rings. The Bertz CT molecular complexity index is 110. The molecule has 0 bridgehead atoms. The van der Waals surface area contributed by atoms with Crippen LogP contribution in [0.2, 0.25) is 0 Å². The van der Waals surface area contributed by atoms with Gasteiger partial charge in [-0.2, -0.15) is 8.42 Å². The van der Waals surface area contributed by atoms with Crippen molar-refractivity contribution in [1.82, 2.24) is 0 Å². The summed E-state index contributed by atoms with van der Waals surface area (Å²) in [5.41, 5.74) is 0. The van der Waals surface area contributed by atoms with Gasteiger partial charge in [-0.15, -0.1) is 0 Å². The molecule has 0 aliphatic heterocycles. The van der Waals surface area contributed by atoms with Gasteiger partial charge in [-0.3, -0.25) is 9.11 Å². The van der Waals surface area contributed by atoms with Crippen LogP contribution < -0.4 is 0 Å². The molecule has 0 unspecified atom stereocenters. The molecule has 0 aliphatic carbocycles. The Morgan fingerprint density at radius 1 is 1.22 bits per heavy atom. The fourth-order valence-corrected chi connectivity index (χ4v) is 0. The number of hydrogen-bond donors (Lipinski definition) is 2. The average molecular weight is 166 g/mol. The van der Waals surface area contributed by atoms with E-state index in [2.05, 4.69) is 13.8 Å². The summed E-state index contributed by atoms with van der Waals surface area (Å²) in [6.45, 7) is 4.25. The van der Waals surface area contributed by atoms with Crippen LogP contribution in [0.1, 0.15) is 20.3 Å². The number of hydrogen-bond acceptors (Lipinski definition) is 2. The average Bonchev–Trinajstić information content (AvgIpc) is 1.27. The predicted octanol–water partition coefficient (Wildman–Crippen LogP) is 0.115. The first-order valence-corrected chi connectivity index (χ1v) is 3.51. The molecule has 0 amide bonds. The zero-order chi connectivity index (χ0) is 7.21. The minimum absolute atomic E-state index is 0. The first kappa shape index (κ1) is 16.5. The summed E-state index contributed by atoms with van der Waals surface area (Å²) in [4.78, 5) is 0. The van der Waals surface area contributed by atoms with Gasteiger partial charge >= 0.3 is 40.0 Å². The summed E-state index contributed by atoms with van der Waals surface area (Å²) >= 11 is 0. The van der Waals surface area contributed by atoms with E-state index < -0.39 is 10.4 Å². The summed E-state index contributed by atoms with van der Waals surface area (Å²) in [7, 11) is -4.67. The second-order valence-corrected chi connectivity index (χ2v) is 2.05. The van der Waals surface area contributed by atoms with Crippen LogP contribution in [0.4, 0.5) is 0 Å². The molecule has 0 saturated heterocycles. The maximum atomic E-state index is 8.74. The Morgan fingerprint density at radius 3 is 1.22 bits per heavy atom. The molecule has 9 heavy (non-hydrogen) atoms. The van der Waals surface area contributed by atoms with E-state index in [1.54, 1.807) is 0 Å². The minimum atomic E-state index is -4.67. The fraction of sp³-hybridized carbons (Fsp3) is 1.00. The molecular formula is C3H11NaO4S. The Hall–Kier alpha value is 0.870. The van der Waals surface area contributed by atoms with Crippen molar-refractivity contribution in [3.05, 3.63) is 0 Å². The summed E-state index contributed by atoms with van der Waals surface area (Å²) in [6, 6.07) is 0. The van der Waals surface area contributed by atoms with Gasteiger partial charge in [0.25, 0.3) is 0 Å². The van der Waals surface area contributed by atoms with Crippen LogP contribution in [0.25, 0.3) is 0 Å². The second kappa shape index (κ2) is 8.87. The topological polar surface area (TPSA) is 74.6 Å². The normalized spacial score (nSPS) is 8.44. The monoisotopic (exact) mass is 166 g/mol. The molecule has 0 radical (unpaired) electrons. The van der Waals surface area contributed by atoms with Crippen molar-refractivity contribution in [2.75, 3.05) is 0 Å². The molecule has 0 aromatic rings. The molecule has 0 rings (SSSR count). The molecule has 0 saturated carbocycles. The van der Waals surface area contributed by atoms with Crippen molar-refractivity contribution in [3.8, 4) is 0 Å². The van der Waals surface area contributed by atoms with Crippen LogP contribution in [0.3, 0.4) is 0 Å². The first-order chi connectivity index (χ1) is 3.41. The van der Waals surface area contributed by atoms with E-state index in [-0.39, 0.29) is 29.6 Å². The Morgan fingerprint density at radius 2 is 1.22 bits per heavy atom. The van der Waals surface area contributed by atoms with Gasteiger partial charge in [0.1, 0.15) is 0 Å². The molecule has 2 N–H and O–H groups in total. The summed E-state index contributed by atoms with van der Waals surface area (Å²) in [6.07, 6.45) is 1.25. The van der Waals surface area contributed by atoms with Crippen LogP contribution >= 0.6 is 0 Å². The van der Waals surface area contributed by atoms with Crippen LogP contribution in [0.15, 0.2) is 0 Å². The molecule has 54 valence electrons. The Balaban J connectivity index is -0.0000000800. The molecule has 6 heteroatoms. The molecule has 0 spiro atoms. The molecule has 4 nitrogen and oxygen atoms in total. The Labute approximate surface area is 77.5 Å². The van der Waals surface area contributed by atoms with Gasteiger partial charge in [-0.1, -0.05) is 20.3 Å². The van der Waals surface area contributed by atoms with Gasteiger partial charge in [-0.25, -0.2) is 0 Å². The van der Waals surface area contributed by atoms with Crippen LogP contribution in [0.5, 0.6) is 0 Å². The first-order valence-electron chi connectivity index (χ1n) is 2.11. The van der Waals surface area contributed by atoms with Crippen molar-refractivity contribution in [2.24, 2.45) is 0 Å². The van der Waals surface area contributed by atoms with Crippen LogP contribution in [-0.2, 0) is 10.4 Å². The van der Waals surface area contributed by atoms with Gasteiger partial charge in [0.2, 0.25) is 0 Å². The van der Waals surface area contributed by atoms with Crippen molar-refractivity contribution in [3.63, 3.8) is 0 Å². The summed E-state index contributed by atoms with van der Waals surface area (Å²) in [5.74, 6) is 0. The fourth-order valence-electron chi connectivity index (χ4n) is 0. The van der Waals surface area contributed by atoms with Crippen molar-refractivity contribution >= 4 is 40.0 Å². The predicted molar refractivity (Wildman–Crippen MR) is 37.3 cm³/mol. The van der Waals surface area contributed by atoms with E-state index in [1.165, 1.54) is 6.42 Å². The van der Waals surface area contributed by atoms with E-state index in [9.17, 15) is 0 Å². The van der Waals surface area contributed by atoms with Crippen molar-refractivity contribution < 1.29 is 17.5 Å². The molecule has 0 aromatic carbocycles. The SMILES string of the molecule is CCC.O=S(=O)(O)O.[NaH]. The quantitative estimate of drug-likeness (QED) is 0.396. The van der Waals surface area contributed by atoms with E-state index in [0.717, 1.165) is 0 Å². The van der Waals surface area contributed by atoms with Gasteiger partial charge in [0.05, 0.1) is 0 Å². The van der Waals surface area contributed by atoms with Gasteiger partial charge < -0.3 is 0 Å². The molecule has 0 heterocycles. The zero-order valence-corrected chi connectivity index (χ0v) is 5.64. The van der Waals surface area contributed by atoms with Gasteiger partial charge in [-0.05, 0) is 0 Å². The molecular weight excluding hydrogens is 155 g/mol. The molecule has 0 aliphatic rings. The Kier molecular flexibility index (Phi) is 16.2. The third-order valence-electron chi connectivity index (χ3n) is 0. The van der Waals surface area contributed by atoms with E-state index >= 15 is 0 Å². The van der Waals surface area contributed by atoms with Crippen molar-refractivity contribution in [2.45, 2.75) is 20.3 Å². The van der Waals surface area contributed by atoms with Crippen LogP contribution in [-0.4, -0.2) is 47.1 Å². The van der Waals surface area contributed by atoms with Crippen LogP contribution in [0, 0.1) is 0 Å². The summed E-state index contributed by atoms with van der Waals surface area (Å²) in [5, 5.41) is 0. The molecule has 0 aromatic heterocycles. The number of rotatable bonds is 0.